The molecule has 0 N–H and O–H groups in total. The molecular formula is C13H17S. The highest BCUT2D eigenvalue weighted by molar-refractivity contribution is 7.79. The summed E-state index contributed by atoms with van der Waals surface area (Å²) in [4.78, 5) is 0. The van der Waals surface area contributed by atoms with E-state index < -0.39 is 0 Å². The third kappa shape index (κ3) is 2.33. The molecule has 2 rings (SSSR count). The zero-order valence-corrected chi connectivity index (χ0v) is 9.35. The Bertz CT molecular complexity index is 270. The van der Waals surface area contributed by atoms with Gasteiger partial charge in [-0.05, 0) is 29.9 Å². The van der Waals surface area contributed by atoms with Gasteiger partial charge in [0.15, 0.2) is 0 Å². The monoisotopic (exact) mass is 205 g/mol. The summed E-state index contributed by atoms with van der Waals surface area (Å²) in [6.07, 6.45) is 7.02. The van der Waals surface area contributed by atoms with Gasteiger partial charge in [0.25, 0.3) is 0 Å². The Labute approximate surface area is 92.1 Å². The first-order chi connectivity index (χ1) is 6.90. The van der Waals surface area contributed by atoms with Crippen LogP contribution >= 0.6 is 12.6 Å². The van der Waals surface area contributed by atoms with E-state index in [1.807, 2.05) is 0 Å². The van der Waals surface area contributed by atoms with Crippen LogP contribution in [-0.4, -0.2) is 0 Å². The van der Waals surface area contributed by atoms with Gasteiger partial charge < -0.3 is 0 Å². The second-order valence-corrected chi connectivity index (χ2v) is 4.51. The van der Waals surface area contributed by atoms with Gasteiger partial charge in [-0.25, -0.2) is 0 Å². The normalized spacial score (nSPS) is 18.4. The molecule has 1 aliphatic carbocycles. The summed E-state index contributed by atoms with van der Waals surface area (Å²) >= 11 is 5.02. The first kappa shape index (κ1) is 10.1. The van der Waals surface area contributed by atoms with Crippen LogP contribution in [0.25, 0.3) is 0 Å². The van der Waals surface area contributed by atoms with E-state index in [1.165, 1.54) is 43.2 Å². The molecule has 1 heteroatoms. The Morgan fingerprint density at radius 3 is 2.21 bits per heavy atom. The fraction of sp³-hybridized carbons (Fsp3) is 0.538. The fourth-order valence-corrected chi connectivity index (χ4v) is 2.51. The molecule has 0 nitrogen and oxygen atoms in total. The first-order valence-electron chi connectivity index (χ1n) is 5.57. The predicted octanol–water partition coefficient (Wildman–Crippen LogP) is 4.43. The minimum atomic E-state index is 0.741. The van der Waals surface area contributed by atoms with Crippen molar-refractivity contribution in [3.05, 3.63) is 35.4 Å². The molecule has 0 aliphatic heterocycles. The van der Waals surface area contributed by atoms with Crippen molar-refractivity contribution in [3.63, 3.8) is 0 Å². The molecule has 0 aromatic heterocycles. The van der Waals surface area contributed by atoms with Gasteiger partial charge in [-0.3, -0.25) is 0 Å². The van der Waals surface area contributed by atoms with Crippen LogP contribution in [0, 0.1) is 0 Å². The van der Waals surface area contributed by atoms with Gasteiger partial charge >= 0.3 is 0 Å². The van der Waals surface area contributed by atoms with Crippen molar-refractivity contribution in [2.75, 3.05) is 0 Å². The van der Waals surface area contributed by atoms with Crippen molar-refractivity contribution >= 4 is 12.6 Å². The second-order valence-electron chi connectivity index (χ2n) is 4.22. The third-order valence-corrected chi connectivity index (χ3v) is 3.56. The lowest BCUT2D eigenvalue weighted by Crippen LogP contribution is -2.04. The average molecular weight is 205 g/mol. The number of hydrogen-bond acceptors (Lipinski definition) is 0. The average Bonchev–Trinajstić information content (AvgIpc) is 2.30. The van der Waals surface area contributed by atoms with Crippen molar-refractivity contribution in [2.24, 2.45) is 0 Å². The van der Waals surface area contributed by atoms with E-state index in [0.717, 1.165) is 11.7 Å². The predicted molar refractivity (Wildman–Crippen MR) is 63.6 cm³/mol. The molecule has 1 aromatic rings. The van der Waals surface area contributed by atoms with Gasteiger partial charge in [0.2, 0.25) is 0 Å². The topological polar surface area (TPSA) is 0 Å². The lowest BCUT2D eigenvalue weighted by molar-refractivity contribution is 0.443. The highest BCUT2D eigenvalue weighted by Crippen LogP contribution is 2.32. The van der Waals surface area contributed by atoms with Crippen molar-refractivity contribution < 1.29 is 0 Å². The summed E-state index contributed by atoms with van der Waals surface area (Å²) in [7, 11) is 0. The van der Waals surface area contributed by atoms with Crippen LogP contribution in [0.3, 0.4) is 0 Å². The van der Waals surface area contributed by atoms with Crippen LogP contribution in [0.15, 0.2) is 24.3 Å². The maximum atomic E-state index is 5.02. The quantitative estimate of drug-likeness (QED) is 0.670. The van der Waals surface area contributed by atoms with Gasteiger partial charge in [-0.2, -0.15) is 0 Å². The Morgan fingerprint density at radius 1 is 1.00 bits per heavy atom. The molecule has 1 radical (unpaired) electrons. The van der Waals surface area contributed by atoms with Crippen LogP contribution in [0.4, 0.5) is 0 Å². The molecule has 1 fully saturated rings. The SMILES string of the molecule is [S]Cc1ccc(C2CCCCC2)cc1. The lowest BCUT2D eigenvalue weighted by atomic mass is 9.84. The van der Waals surface area contributed by atoms with Gasteiger partial charge in [-0.1, -0.05) is 56.2 Å². The van der Waals surface area contributed by atoms with Gasteiger partial charge in [0.05, 0.1) is 0 Å². The highest BCUT2D eigenvalue weighted by Gasteiger charge is 2.14. The summed E-state index contributed by atoms with van der Waals surface area (Å²) in [5, 5.41) is 0. The van der Waals surface area contributed by atoms with Gasteiger partial charge in [-0.15, -0.1) is 0 Å². The highest BCUT2D eigenvalue weighted by atomic mass is 32.1. The second kappa shape index (κ2) is 4.88. The summed E-state index contributed by atoms with van der Waals surface area (Å²) in [5.74, 6) is 1.56. The van der Waals surface area contributed by atoms with Gasteiger partial charge in [0.1, 0.15) is 0 Å². The van der Waals surface area contributed by atoms with E-state index in [0.29, 0.717) is 0 Å². The Hall–Kier alpha value is -0.430. The molecule has 0 unspecified atom stereocenters. The lowest BCUT2D eigenvalue weighted by Gasteiger charge is -2.21. The van der Waals surface area contributed by atoms with E-state index in [1.54, 1.807) is 0 Å². The molecule has 1 aromatic carbocycles. The summed E-state index contributed by atoms with van der Waals surface area (Å²) in [6, 6.07) is 8.93. The molecular weight excluding hydrogens is 188 g/mol. The van der Waals surface area contributed by atoms with Gasteiger partial charge in [0, 0.05) is 5.75 Å². The summed E-state index contributed by atoms with van der Waals surface area (Å²) in [6.45, 7) is 0. The molecule has 0 amide bonds. The largest absolute Gasteiger partial charge is 0.0890 e. The summed E-state index contributed by atoms with van der Waals surface area (Å²) < 4.78 is 0. The molecule has 75 valence electrons. The van der Waals surface area contributed by atoms with Crippen LogP contribution < -0.4 is 0 Å². The van der Waals surface area contributed by atoms with E-state index in [4.69, 9.17) is 12.6 Å². The standard InChI is InChI=1S/C13H17S/c14-10-11-6-8-13(9-7-11)12-4-2-1-3-5-12/h6-9,12H,1-5,10H2. The molecule has 0 heterocycles. The van der Waals surface area contributed by atoms with Crippen molar-refractivity contribution in [2.45, 2.75) is 43.8 Å². The van der Waals surface area contributed by atoms with E-state index >= 15 is 0 Å². The van der Waals surface area contributed by atoms with Crippen molar-refractivity contribution in [3.8, 4) is 0 Å². The minimum Gasteiger partial charge on any atom is -0.0890 e. The maximum absolute atomic E-state index is 5.02. The molecule has 1 aliphatic rings. The van der Waals surface area contributed by atoms with Crippen LogP contribution in [-0.2, 0) is 5.75 Å². The zero-order valence-electron chi connectivity index (χ0n) is 8.54. The van der Waals surface area contributed by atoms with Crippen LogP contribution in [0.2, 0.25) is 0 Å². The van der Waals surface area contributed by atoms with Crippen LogP contribution in [0.1, 0.15) is 49.1 Å². The first-order valence-corrected chi connectivity index (χ1v) is 6.15. The molecule has 0 spiro atoms. The van der Waals surface area contributed by atoms with E-state index in [9.17, 15) is 0 Å². The zero-order chi connectivity index (χ0) is 9.80. The molecule has 14 heavy (non-hydrogen) atoms. The molecule has 0 atom stereocenters. The Balaban J connectivity index is 2.07. The number of benzene rings is 1. The Morgan fingerprint density at radius 2 is 1.64 bits per heavy atom. The third-order valence-electron chi connectivity index (χ3n) is 3.22. The molecule has 0 bridgehead atoms. The van der Waals surface area contributed by atoms with Crippen molar-refractivity contribution in [1.29, 1.82) is 0 Å². The summed E-state index contributed by atoms with van der Waals surface area (Å²) in [5.41, 5.74) is 2.80. The fourth-order valence-electron chi connectivity index (χ4n) is 2.32. The maximum Gasteiger partial charge on any atom is 0.0288 e. The van der Waals surface area contributed by atoms with E-state index in [-0.39, 0.29) is 0 Å². The van der Waals surface area contributed by atoms with Crippen LogP contribution in [0.5, 0.6) is 0 Å². The van der Waals surface area contributed by atoms with E-state index in [2.05, 4.69) is 24.3 Å². The number of rotatable bonds is 2. The molecule has 1 saturated carbocycles. The minimum absolute atomic E-state index is 0.741. The molecule has 0 saturated heterocycles. The Kier molecular flexibility index (Phi) is 3.52. The smallest absolute Gasteiger partial charge is 0.0288 e. The number of hydrogen-bond donors (Lipinski definition) is 0. The van der Waals surface area contributed by atoms with Crippen molar-refractivity contribution in [1.82, 2.24) is 0 Å².